The zero-order valence-electron chi connectivity index (χ0n) is 12.1. The first kappa shape index (κ1) is 16.7. The van der Waals surface area contributed by atoms with Crippen LogP contribution in [0.1, 0.15) is 17.9 Å². The van der Waals surface area contributed by atoms with Gasteiger partial charge in [0.05, 0.1) is 11.6 Å². The van der Waals surface area contributed by atoms with Crippen molar-refractivity contribution in [3.8, 4) is 0 Å². The molecule has 1 aliphatic heterocycles. The van der Waals surface area contributed by atoms with E-state index in [2.05, 4.69) is 10.2 Å². The van der Waals surface area contributed by atoms with E-state index in [1.807, 2.05) is 0 Å². The Morgan fingerprint density at radius 2 is 2.09 bits per heavy atom. The minimum Gasteiger partial charge on any atom is -0.423 e. The summed E-state index contributed by atoms with van der Waals surface area (Å²) in [6.07, 6.45) is -0.613. The van der Waals surface area contributed by atoms with Gasteiger partial charge in [-0.1, -0.05) is 23.2 Å². The Bertz CT molecular complexity index is 824. The van der Waals surface area contributed by atoms with E-state index in [9.17, 15) is 8.42 Å². The van der Waals surface area contributed by atoms with E-state index < -0.39 is 16.1 Å². The summed E-state index contributed by atoms with van der Waals surface area (Å²) < 4.78 is 37.7. The van der Waals surface area contributed by atoms with Crippen LogP contribution in [0.2, 0.25) is 10.0 Å². The number of nitrogens with zero attached hydrogens (tertiary/aromatic N) is 3. The molecule has 10 heteroatoms. The summed E-state index contributed by atoms with van der Waals surface area (Å²) in [5, 5.41) is 8.02. The number of morpholine rings is 1. The lowest BCUT2D eigenvalue weighted by molar-refractivity contribution is -0.0176. The van der Waals surface area contributed by atoms with E-state index in [1.165, 1.54) is 22.5 Å². The number of aromatic nitrogens is 2. The van der Waals surface area contributed by atoms with Crippen molar-refractivity contribution in [1.29, 1.82) is 0 Å². The van der Waals surface area contributed by atoms with E-state index in [0.717, 1.165) is 0 Å². The minimum absolute atomic E-state index is 0.0333. The molecule has 0 bridgehead atoms. The molecule has 1 saturated heterocycles. The normalized spacial score (nSPS) is 19.9. The first-order chi connectivity index (χ1) is 10.9. The van der Waals surface area contributed by atoms with Gasteiger partial charge in [-0.15, -0.1) is 10.2 Å². The topological polar surface area (TPSA) is 85.5 Å². The largest absolute Gasteiger partial charge is 0.423 e. The van der Waals surface area contributed by atoms with Crippen molar-refractivity contribution in [2.24, 2.45) is 0 Å². The van der Waals surface area contributed by atoms with E-state index in [0.29, 0.717) is 10.9 Å². The van der Waals surface area contributed by atoms with Crippen molar-refractivity contribution < 1.29 is 17.6 Å². The number of hydrogen-bond donors (Lipinski definition) is 0. The van der Waals surface area contributed by atoms with E-state index >= 15 is 0 Å². The van der Waals surface area contributed by atoms with Crippen molar-refractivity contribution in [3.05, 3.63) is 40.0 Å². The number of ether oxygens (including phenoxy) is 1. The van der Waals surface area contributed by atoms with Gasteiger partial charge in [0, 0.05) is 25.0 Å². The van der Waals surface area contributed by atoms with Crippen LogP contribution in [0.3, 0.4) is 0 Å². The SMILES string of the molecule is Cc1nnc([C@H]2CN(S(=O)(=O)c3cc(Cl)ccc3Cl)CCO2)o1. The minimum atomic E-state index is -3.80. The summed E-state index contributed by atoms with van der Waals surface area (Å²) in [7, 11) is -3.80. The Morgan fingerprint density at radius 3 is 2.78 bits per heavy atom. The number of sulfonamides is 1. The number of halogens is 2. The molecule has 1 aromatic heterocycles. The molecule has 1 atom stereocenters. The van der Waals surface area contributed by atoms with Crippen molar-refractivity contribution in [2.45, 2.75) is 17.9 Å². The van der Waals surface area contributed by atoms with Crippen LogP contribution in [-0.4, -0.2) is 42.6 Å². The van der Waals surface area contributed by atoms with E-state index in [-0.39, 0.29) is 35.5 Å². The Labute approximate surface area is 143 Å². The lowest BCUT2D eigenvalue weighted by atomic mass is 10.3. The number of rotatable bonds is 3. The first-order valence-corrected chi connectivity index (χ1v) is 8.94. The zero-order valence-corrected chi connectivity index (χ0v) is 14.4. The fourth-order valence-electron chi connectivity index (χ4n) is 2.25. The van der Waals surface area contributed by atoms with Gasteiger partial charge < -0.3 is 9.15 Å². The Hall–Kier alpha value is -1.19. The molecule has 2 heterocycles. The molecule has 1 aromatic carbocycles. The summed E-state index contributed by atoms with van der Waals surface area (Å²) in [6, 6.07) is 4.32. The Balaban J connectivity index is 1.89. The molecule has 0 N–H and O–H groups in total. The maximum absolute atomic E-state index is 12.8. The third-order valence-electron chi connectivity index (χ3n) is 3.36. The maximum atomic E-state index is 12.8. The van der Waals surface area contributed by atoms with Crippen LogP contribution in [0.4, 0.5) is 0 Å². The van der Waals surface area contributed by atoms with Crippen molar-refractivity contribution in [3.63, 3.8) is 0 Å². The summed E-state index contributed by atoms with van der Waals surface area (Å²) >= 11 is 11.9. The van der Waals surface area contributed by atoms with Crippen molar-refractivity contribution in [1.82, 2.24) is 14.5 Å². The molecule has 0 saturated carbocycles. The van der Waals surface area contributed by atoms with Gasteiger partial charge in [0.2, 0.25) is 21.8 Å². The average Bonchev–Trinajstić information content (AvgIpc) is 2.96. The molecule has 124 valence electrons. The van der Waals surface area contributed by atoms with Crippen molar-refractivity contribution >= 4 is 33.2 Å². The highest BCUT2D eigenvalue weighted by Gasteiger charge is 2.35. The third-order valence-corrected chi connectivity index (χ3v) is 5.94. The number of benzene rings is 1. The molecule has 0 radical (unpaired) electrons. The fraction of sp³-hybridized carbons (Fsp3) is 0.385. The third kappa shape index (κ3) is 3.36. The molecule has 7 nitrogen and oxygen atoms in total. The molecule has 3 rings (SSSR count). The smallest absolute Gasteiger partial charge is 0.246 e. The molecule has 1 fully saturated rings. The molecule has 0 spiro atoms. The van der Waals surface area contributed by atoms with Crippen molar-refractivity contribution in [2.75, 3.05) is 19.7 Å². The van der Waals surface area contributed by atoms with Crippen LogP contribution in [0, 0.1) is 6.92 Å². The second-order valence-electron chi connectivity index (χ2n) is 4.96. The first-order valence-electron chi connectivity index (χ1n) is 6.75. The van der Waals surface area contributed by atoms with Crippen LogP contribution in [0.5, 0.6) is 0 Å². The van der Waals surface area contributed by atoms with Gasteiger partial charge in [-0.25, -0.2) is 8.42 Å². The lowest BCUT2D eigenvalue weighted by Gasteiger charge is -2.30. The van der Waals surface area contributed by atoms with Crippen LogP contribution >= 0.6 is 23.2 Å². The molecule has 0 amide bonds. The van der Waals surface area contributed by atoms with Gasteiger partial charge >= 0.3 is 0 Å². The predicted octanol–water partition coefficient (Wildman–Crippen LogP) is 2.45. The standard InChI is InChI=1S/C13H13Cl2N3O4S/c1-8-16-17-13(22-8)11-7-18(4-5-21-11)23(19,20)12-6-9(14)2-3-10(12)15/h2-3,6,11H,4-5,7H2,1H3/t11-/m1/s1. The maximum Gasteiger partial charge on any atom is 0.246 e. The second-order valence-corrected chi connectivity index (χ2v) is 7.71. The highest BCUT2D eigenvalue weighted by Crippen LogP contribution is 2.30. The molecule has 1 aliphatic rings. The summed E-state index contributed by atoms with van der Waals surface area (Å²) in [4.78, 5) is -0.0333. The highest BCUT2D eigenvalue weighted by atomic mass is 35.5. The van der Waals surface area contributed by atoms with Gasteiger partial charge in [-0.3, -0.25) is 0 Å². The summed E-state index contributed by atoms with van der Waals surface area (Å²) in [5.41, 5.74) is 0. The number of aryl methyl sites for hydroxylation is 1. The summed E-state index contributed by atoms with van der Waals surface area (Å²) in [5.74, 6) is 0.640. The van der Waals surface area contributed by atoms with Crippen LogP contribution in [-0.2, 0) is 14.8 Å². The fourth-order valence-corrected chi connectivity index (χ4v) is 4.41. The van der Waals surface area contributed by atoms with Crippen LogP contribution < -0.4 is 0 Å². The molecular weight excluding hydrogens is 365 g/mol. The quantitative estimate of drug-likeness (QED) is 0.816. The Kier molecular flexibility index (Phi) is 4.61. The second kappa shape index (κ2) is 6.37. The monoisotopic (exact) mass is 377 g/mol. The van der Waals surface area contributed by atoms with Gasteiger partial charge in [0.15, 0.2) is 0 Å². The molecule has 0 unspecified atom stereocenters. The van der Waals surface area contributed by atoms with Crippen LogP contribution in [0.15, 0.2) is 27.5 Å². The summed E-state index contributed by atoms with van der Waals surface area (Å²) in [6.45, 7) is 2.13. The van der Waals surface area contributed by atoms with Gasteiger partial charge in [-0.2, -0.15) is 4.31 Å². The molecule has 0 aliphatic carbocycles. The van der Waals surface area contributed by atoms with Crippen LogP contribution in [0.25, 0.3) is 0 Å². The van der Waals surface area contributed by atoms with E-state index in [1.54, 1.807) is 6.92 Å². The lowest BCUT2D eigenvalue weighted by Crippen LogP contribution is -2.42. The van der Waals surface area contributed by atoms with E-state index in [4.69, 9.17) is 32.4 Å². The number of hydrogen-bond acceptors (Lipinski definition) is 6. The zero-order chi connectivity index (χ0) is 16.6. The molecule has 2 aromatic rings. The van der Waals surface area contributed by atoms with Gasteiger partial charge in [-0.05, 0) is 18.2 Å². The highest BCUT2D eigenvalue weighted by molar-refractivity contribution is 7.89. The predicted molar refractivity (Wildman–Crippen MR) is 82.9 cm³/mol. The average molecular weight is 378 g/mol. The molecule has 23 heavy (non-hydrogen) atoms. The molecular formula is C13H13Cl2N3O4S. The van der Waals surface area contributed by atoms with Gasteiger partial charge in [0.25, 0.3) is 0 Å². The Morgan fingerprint density at radius 1 is 1.30 bits per heavy atom. The van der Waals surface area contributed by atoms with Gasteiger partial charge in [0.1, 0.15) is 11.0 Å².